The maximum Gasteiger partial charge on any atom is 0.410 e. The van der Waals surface area contributed by atoms with Crippen molar-refractivity contribution in [3.05, 3.63) is 34.7 Å². The number of nitrogens with one attached hydrogen (secondary N) is 1. The Morgan fingerprint density at radius 2 is 1.88 bits per heavy atom. The monoisotopic (exact) mass is 498 g/mol. The number of thiophene rings is 1. The molecule has 1 aromatic carbocycles. The molecule has 0 aliphatic carbocycles. The van der Waals surface area contributed by atoms with Crippen molar-refractivity contribution >= 4 is 61.7 Å². The predicted molar refractivity (Wildman–Crippen MR) is 129 cm³/mol. The van der Waals surface area contributed by atoms with Gasteiger partial charge in [0.2, 0.25) is 17.7 Å². The second-order valence-corrected chi connectivity index (χ2v) is 10.1. The van der Waals surface area contributed by atoms with Crippen LogP contribution < -0.4 is 5.32 Å². The second kappa shape index (κ2) is 9.15. The van der Waals surface area contributed by atoms with E-state index in [9.17, 15) is 19.2 Å². The van der Waals surface area contributed by atoms with Crippen LogP contribution in [0.5, 0.6) is 0 Å². The Bertz CT molecular complexity index is 1260. The van der Waals surface area contributed by atoms with Gasteiger partial charge in [0, 0.05) is 29.8 Å². The van der Waals surface area contributed by atoms with Crippen molar-refractivity contribution in [3.63, 3.8) is 0 Å². The van der Waals surface area contributed by atoms with Crippen molar-refractivity contribution < 1.29 is 23.9 Å². The fraction of sp³-hybridized carbons (Fsp3) is 0.348. The van der Waals surface area contributed by atoms with Crippen molar-refractivity contribution in [3.8, 4) is 10.6 Å². The third-order valence-electron chi connectivity index (χ3n) is 5.80. The SMILES string of the molecule is CCOC(=O)N1CCc2c(sc(NC(=O)CN3C(=O)CCC3=O)c2-c2nc3ccccc3s2)C1. The molecule has 2 aliphatic heterocycles. The molecule has 1 saturated heterocycles. The number of fused-ring (bicyclic) bond motifs is 2. The van der Waals surface area contributed by atoms with Gasteiger partial charge in [-0.2, -0.15) is 0 Å². The maximum atomic E-state index is 12.8. The number of thiazole rings is 1. The van der Waals surface area contributed by atoms with Crippen molar-refractivity contribution in [2.45, 2.75) is 32.7 Å². The fourth-order valence-electron chi connectivity index (χ4n) is 4.18. The minimum Gasteiger partial charge on any atom is -0.450 e. The number of hydrogen-bond acceptors (Lipinski definition) is 8. The first-order valence-corrected chi connectivity index (χ1v) is 12.6. The highest BCUT2D eigenvalue weighted by molar-refractivity contribution is 7.22. The highest BCUT2D eigenvalue weighted by Crippen LogP contribution is 2.45. The molecule has 0 bridgehead atoms. The number of nitrogens with zero attached hydrogens (tertiary/aromatic N) is 3. The molecule has 3 aromatic rings. The number of hydrogen-bond donors (Lipinski definition) is 1. The minimum atomic E-state index is -0.438. The Labute approximate surface area is 203 Å². The number of likely N-dealkylation sites (tertiary alicyclic amines) is 1. The van der Waals surface area contributed by atoms with Crippen LogP contribution >= 0.6 is 22.7 Å². The van der Waals surface area contributed by atoms with Gasteiger partial charge in [0.05, 0.1) is 23.4 Å². The Morgan fingerprint density at radius 3 is 2.62 bits per heavy atom. The van der Waals surface area contributed by atoms with Gasteiger partial charge in [-0.1, -0.05) is 12.1 Å². The average molecular weight is 499 g/mol. The van der Waals surface area contributed by atoms with E-state index in [0.29, 0.717) is 31.1 Å². The zero-order valence-corrected chi connectivity index (χ0v) is 20.1. The van der Waals surface area contributed by atoms with E-state index in [4.69, 9.17) is 9.72 Å². The highest BCUT2D eigenvalue weighted by Gasteiger charge is 2.33. The molecular formula is C23H22N4O5S2. The van der Waals surface area contributed by atoms with Crippen LogP contribution in [-0.4, -0.2) is 58.3 Å². The Morgan fingerprint density at radius 1 is 1.12 bits per heavy atom. The summed E-state index contributed by atoms with van der Waals surface area (Å²) in [5.41, 5.74) is 2.77. The molecule has 0 saturated carbocycles. The predicted octanol–water partition coefficient (Wildman–Crippen LogP) is 3.63. The van der Waals surface area contributed by atoms with Gasteiger partial charge in [-0.3, -0.25) is 19.3 Å². The van der Waals surface area contributed by atoms with Gasteiger partial charge in [-0.15, -0.1) is 22.7 Å². The molecule has 5 rings (SSSR count). The molecule has 4 amide bonds. The zero-order valence-electron chi connectivity index (χ0n) is 18.5. The number of imide groups is 1. The van der Waals surface area contributed by atoms with E-state index in [1.165, 1.54) is 22.7 Å². The number of benzene rings is 1. The van der Waals surface area contributed by atoms with Crippen LogP contribution in [-0.2, 0) is 32.1 Å². The summed E-state index contributed by atoms with van der Waals surface area (Å²) in [6.07, 6.45) is 0.523. The van der Waals surface area contributed by atoms with Crippen molar-refractivity contribution in [2.24, 2.45) is 0 Å². The van der Waals surface area contributed by atoms with Gasteiger partial charge in [-0.05, 0) is 31.0 Å². The zero-order chi connectivity index (χ0) is 23.8. The van der Waals surface area contributed by atoms with E-state index in [1.807, 2.05) is 24.3 Å². The van der Waals surface area contributed by atoms with E-state index in [0.717, 1.165) is 36.1 Å². The van der Waals surface area contributed by atoms with Gasteiger partial charge in [0.25, 0.3) is 0 Å². The van der Waals surface area contributed by atoms with Crippen LogP contribution in [0, 0.1) is 0 Å². The first-order valence-electron chi connectivity index (χ1n) is 11.0. The number of amides is 4. The normalized spacial score (nSPS) is 15.7. The lowest BCUT2D eigenvalue weighted by molar-refractivity contribution is -0.141. The number of carbonyl (C=O) groups excluding carboxylic acids is 4. The summed E-state index contributed by atoms with van der Waals surface area (Å²) in [6.45, 7) is 2.65. The smallest absolute Gasteiger partial charge is 0.410 e. The third-order valence-corrected chi connectivity index (χ3v) is 7.99. The number of rotatable bonds is 5. The molecule has 0 unspecified atom stereocenters. The molecule has 9 nitrogen and oxygen atoms in total. The molecule has 11 heteroatoms. The number of ether oxygens (including phenoxy) is 1. The molecule has 1 N–H and O–H groups in total. The Hall–Kier alpha value is -3.31. The number of para-hydroxylation sites is 1. The minimum absolute atomic E-state index is 0.139. The largest absolute Gasteiger partial charge is 0.450 e. The summed E-state index contributed by atoms with van der Waals surface area (Å²) in [5, 5.41) is 4.31. The van der Waals surface area contributed by atoms with Gasteiger partial charge >= 0.3 is 6.09 Å². The molecule has 0 spiro atoms. The summed E-state index contributed by atoms with van der Waals surface area (Å²) in [6, 6.07) is 7.83. The number of aromatic nitrogens is 1. The van der Waals surface area contributed by atoms with Crippen LogP contribution in [0.3, 0.4) is 0 Å². The van der Waals surface area contributed by atoms with E-state index in [-0.39, 0.29) is 37.3 Å². The third kappa shape index (κ3) is 4.16. The van der Waals surface area contributed by atoms with E-state index >= 15 is 0 Å². The fourth-order valence-corrected chi connectivity index (χ4v) is 6.57. The highest BCUT2D eigenvalue weighted by atomic mass is 32.1. The molecule has 4 heterocycles. The van der Waals surface area contributed by atoms with Gasteiger partial charge in [-0.25, -0.2) is 9.78 Å². The Kier molecular flexibility index (Phi) is 6.05. The van der Waals surface area contributed by atoms with Gasteiger partial charge in [0.15, 0.2) is 0 Å². The maximum absolute atomic E-state index is 12.8. The molecular weight excluding hydrogens is 476 g/mol. The van der Waals surface area contributed by atoms with E-state index in [2.05, 4.69) is 5.32 Å². The molecule has 176 valence electrons. The average Bonchev–Trinajstić information content (AvgIpc) is 3.49. The van der Waals surface area contributed by atoms with Crippen LogP contribution in [0.25, 0.3) is 20.8 Å². The standard InChI is InChI=1S/C23H22N4O5S2/c1-2-32-23(31)26-10-9-13-16(11-26)34-22(25-17(28)12-27-18(29)7-8-19(27)30)20(13)21-24-14-5-3-4-6-15(14)33-21/h3-6H,2,7-12H2,1H3,(H,25,28). The molecule has 2 aromatic heterocycles. The topological polar surface area (TPSA) is 109 Å². The van der Waals surface area contributed by atoms with Gasteiger partial charge in [0.1, 0.15) is 16.6 Å². The van der Waals surface area contributed by atoms with E-state index in [1.54, 1.807) is 11.8 Å². The van der Waals surface area contributed by atoms with Crippen LogP contribution in [0.4, 0.5) is 9.80 Å². The summed E-state index contributed by atoms with van der Waals surface area (Å²) in [5.74, 6) is -1.10. The van der Waals surface area contributed by atoms with Crippen LogP contribution in [0.1, 0.15) is 30.2 Å². The lowest BCUT2D eigenvalue weighted by Gasteiger charge is -2.26. The van der Waals surface area contributed by atoms with Crippen molar-refractivity contribution in [1.29, 1.82) is 0 Å². The molecule has 1 fully saturated rings. The molecule has 0 radical (unpaired) electrons. The van der Waals surface area contributed by atoms with Gasteiger partial charge < -0.3 is 15.0 Å². The Balaban J connectivity index is 1.48. The first kappa shape index (κ1) is 22.5. The van der Waals surface area contributed by atoms with Crippen molar-refractivity contribution in [1.82, 2.24) is 14.8 Å². The van der Waals surface area contributed by atoms with E-state index < -0.39 is 5.91 Å². The van der Waals surface area contributed by atoms with Crippen LogP contribution in [0.2, 0.25) is 0 Å². The summed E-state index contributed by atoms with van der Waals surface area (Å²) < 4.78 is 6.19. The number of carbonyl (C=O) groups is 4. The first-order chi connectivity index (χ1) is 16.4. The lowest BCUT2D eigenvalue weighted by Crippen LogP contribution is -2.36. The summed E-state index contributed by atoms with van der Waals surface area (Å²) in [7, 11) is 0. The van der Waals surface area contributed by atoms with Crippen molar-refractivity contribution in [2.75, 3.05) is 25.0 Å². The second-order valence-electron chi connectivity index (χ2n) is 7.99. The summed E-state index contributed by atoms with van der Waals surface area (Å²) in [4.78, 5) is 57.4. The lowest BCUT2D eigenvalue weighted by atomic mass is 10.0. The quantitative estimate of drug-likeness (QED) is 0.538. The molecule has 34 heavy (non-hydrogen) atoms. The summed E-state index contributed by atoms with van der Waals surface area (Å²) >= 11 is 2.93. The van der Waals surface area contributed by atoms with Crippen LogP contribution in [0.15, 0.2) is 24.3 Å². The molecule has 0 atom stereocenters. The molecule has 2 aliphatic rings. The number of anilines is 1.